The molecule has 1 N–H and O–H groups in total. The second kappa shape index (κ2) is 5.20. The lowest BCUT2D eigenvalue weighted by Crippen LogP contribution is -2.37. The van der Waals surface area contributed by atoms with Crippen molar-refractivity contribution in [2.24, 2.45) is 11.3 Å². The molecule has 100 valence electrons. The molecule has 2 atom stereocenters. The molecule has 18 heavy (non-hydrogen) atoms. The molecule has 1 nitrogen and oxygen atoms in total. The van der Waals surface area contributed by atoms with Gasteiger partial charge in [0.15, 0.2) is 0 Å². The van der Waals surface area contributed by atoms with Gasteiger partial charge < -0.3 is 5.32 Å². The zero-order valence-electron chi connectivity index (χ0n) is 11.3. The third-order valence-corrected chi connectivity index (χ3v) is 4.46. The van der Waals surface area contributed by atoms with Gasteiger partial charge in [-0.15, -0.1) is 0 Å². The number of rotatable bonds is 2. The van der Waals surface area contributed by atoms with Gasteiger partial charge in [0.1, 0.15) is 5.82 Å². The Kier molecular flexibility index (Phi) is 4.00. The summed E-state index contributed by atoms with van der Waals surface area (Å²) in [5, 5.41) is 3.37. The average molecular weight is 314 g/mol. The van der Waals surface area contributed by atoms with E-state index in [1.54, 1.807) is 6.07 Å². The summed E-state index contributed by atoms with van der Waals surface area (Å²) in [6.07, 6.45) is 3.50. The molecule has 1 aliphatic rings. The Morgan fingerprint density at radius 2 is 2.11 bits per heavy atom. The molecule has 0 aliphatic heterocycles. The van der Waals surface area contributed by atoms with Crippen molar-refractivity contribution >= 4 is 21.6 Å². The van der Waals surface area contributed by atoms with Crippen molar-refractivity contribution in [3.63, 3.8) is 0 Å². The van der Waals surface area contributed by atoms with Crippen LogP contribution in [0.2, 0.25) is 0 Å². The Morgan fingerprint density at radius 3 is 2.78 bits per heavy atom. The molecule has 1 saturated carbocycles. The smallest absolute Gasteiger partial charge is 0.146 e. The van der Waals surface area contributed by atoms with Crippen LogP contribution in [0.3, 0.4) is 0 Å². The monoisotopic (exact) mass is 313 g/mol. The fourth-order valence-corrected chi connectivity index (χ4v) is 3.33. The topological polar surface area (TPSA) is 12.0 Å². The van der Waals surface area contributed by atoms with Gasteiger partial charge in [0.2, 0.25) is 0 Å². The van der Waals surface area contributed by atoms with Crippen LogP contribution in [0.4, 0.5) is 10.1 Å². The Bertz CT molecular complexity index is 431. The second-order valence-electron chi connectivity index (χ2n) is 6.26. The van der Waals surface area contributed by atoms with E-state index in [2.05, 4.69) is 42.0 Å². The van der Waals surface area contributed by atoms with E-state index >= 15 is 0 Å². The predicted molar refractivity (Wildman–Crippen MR) is 78.3 cm³/mol. The van der Waals surface area contributed by atoms with Crippen molar-refractivity contribution in [1.82, 2.24) is 0 Å². The average Bonchev–Trinajstić information content (AvgIpc) is 2.26. The molecule has 0 bridgehead atoms. The summed E-state index contributed by atoms with van der Waals surface area (Å²) in [6.45, 7) is 6.90. The summed E-state index contributed by atoms with van der Waals surface area (Å²) in [7, 11) is 0. The highest BCUT2D eigenvalue weighted by Gasteiger charge is 2.32. The molecule has 1 aliphatic carbocycles. The standard InChI is InChI=1S/C15H21BrFN/c1-10-9-15(2,3)7-6-13(10)18-14-8-11(16)4-5-12(14)17/h4-5,8,10,13,18H,6-7,9H2,1-3H3. The summed E-state index contributed by atoms with van der Waals surface area (Å²) in [5.41, 5.74) is 1.04. The maximum Gasteiger partial charge on any atom is 0.146 e. The molecule has 1 aromatic rings. The van der Waals surface area contributed by atoms with Crippen LogP contribution in [0.15, 0.2) is 22.7 Å². The maximum atomic E-state index is 13.7. The van der Waals surface area contributed by atoms with Gasteiger partial charge in [0, 0.05) is 10.5 Å². The van der Waals surface area contributed by atoms with Crippen LogP contribution in [0.1, 0.15) is 40.0 Å². The highest BCUT2D eigenvalue weighted by molar-refractivity contribution is 9.10. The fourth-order valence-electron chi connectivity index (χ4n) is 2.97. The van der Waals surface area contributed by atoms with E-state index in [4.69, 9.17) is 0 Å². The number of halogens is 2. The summed E-state index contributed by atoms with van der Waals surface area (Å²) in [4.78, 5) is 0. The molecule has 2 unspecified atom stereocenters. The molecule has 1 fully saturated rings. The summed E-state index contributed by atoms with van der Waals surface area (Å²) >= 11 is 3.39. The first-order valence-corrected chi connectivity index (χ1v) is 7.38. The van der Waals surface area contributed by atoms with E-state index in [0.717, 1.165) is 10.9 Å². The summed E-state index contributed by atoms with van der Waals surface area (Å²) in [5.74, 6) is 0.405. The minimum Gasteiger partial charge on any atom is -0.380 e. The zero-order chi connectivity index (χ0) is 13.3. The first kappa shape index (κ1) is 13.9. The van der Waals surface area contributed by atoms with Crippen LogP contribution in [0.25, 0.3) is 0 Å². The molecule has 0 aromatic heterocycles. The highest BCUT2D eigenvalue weighted by atomic mass is 79.9. The van der Waals surface area contributed by atoms with E-state index in [0.29, 0.717) is 23.1 Å². The molecular weight excluding hydrogens is 293 g/mol. The van der Waals surface area contributed by atoms with Crippen molar-refractivity contribution in [2.45, 2.75) is 46.1 Å². The first-order valence-electron chi connectivity index (χ1n) is 6.59. The number of nitrogens with one attached hydrogen (secondary N) is 1. The van der Waals surface area contributed by atoms with Crippen molar-refractivity contribution in [3.8, 4) is 0 Å². The van der Waals surface area contributed by atoms with Crippen LogP contribution in [-0.4, -0.2) is 6.04 Å². The van der Waals surface area contributed by atoms with Gasteiger partial charge in [-0.3, -0.25) is 0 Å². The van der Waals surface area contributed by atoms with Crippen LogP contribution in [0, 0.1) is 17.2 Å². The molecule has 1 aromatic carbocycles. The minimum absolute atomic E-state index is 0.171. The van der Waals surface area contributed by atoms with Crippen LogP contribution in [0.5, 0.6) is 0 Å². The van der Waals surface area contributed by atoms with Crippen molar-refractivity contribution < 1.29 is 4.39 Å². The van der Waals surface area contributed by atoms with Crippen LogP contribution >= 0.6 is 15.9 Å². The van der Waals surface area contributed by atoms with Gasteiger partial charge in [-0.25, -0.2) is 4.39 Å². The molecule has 0 heterocycles. The molecule has 0 radical (unpaired) electrons. The lowest BCUT2D eigenvalue weighted by molar-refractivity contribution is 0.177. The summed E-state index contributed by atoms with van der Waals surface area (Å²) < 4.78 is 14.6. The molecule has 0 amide bonds. The second-order valence-corrected chi connectivity index (χ2v) is 7.17. The molecule has 3 heteroatoms. The van der Waals surface area contributed by atoms with E-state index in [-0.39, 0.29) is 5.82 Å². The van der Waals surface area contributed by atoms with Crippen LogP contribution in [-0.2, 0) is 0 Å². The molecule has 0 spiro atoms. The van der Waals surface area contributed by atoms with E-state index in [1.807, 2.05) is 6.07 Å². The SMILES string of the molecule is CC1CC(C)(C)CCC1Nc1cc(Br)ccc1F. The third-order valence-electron chi connectivity index (χ3n) is 3.96. The predicted octanol–water partition coefficient (Wildman–Crippen LogP) is 5.21. The van der Waals surface area contributed by atoms with Gasteiger partial charge in [-0.2, -0.15) is 0 Å². The zero-order valence-corrected chi connectivity index (χ0v) is 12.8. The van der Waals surface area contributed by atoms with Crippen LogP contribution < -0.4 is 5.32 Å². The maximum absolute atomic E-state index is 13.7. The van der Waals surface area contributed by atoms with Crippen molar-refractivity contribution in [3.05, 3.63) is 28.5 Å². The number of hydrogen-bond acceptors (Lipinski definition) is 1. The number of hydrogen-bond donors (Lipinski definition) is 1. The fraction of sp³-hybridized carbons (Fsp3) is 0.600. The molecular formula is C15H21BrFN. The van der Waals surface area contributed by atoms with Crippen molar-refractivity contribution in [1.29, 1.82) is 0 Å². The van der Waals surface area contributed by atoms with E-state index < -0.39 is 0 Å². The first-order chi connectivity index (χ1) is 8.37. The quantitative estimate of drug-likeness (QED) is 0.789. The minimum atomic E-state index is -0.171. The largest absolute Gasteiger partial charge is 0.380 e. The number of benzene rings is 1. The van der Waals surface area contributed by atoms with Crippen molar-refractivity contribution in [2.75, 3.05) is 5.32 Å². The Labute approximate surface area is 117 Å². The molecule has 0 saturated heterocycles. The van der Waals surface area contributed by atoms with Gasteiger partial charge in [0.25, 0.3) is 0 Å². The Morgan fingerprint density at radius 1 is 1.39 bits per heavy atom. The summed E-state index contributed by atoms with van der Waals surface area (Å²) in [6, 6.07) is 5.43. The highest BCUT2D eigenvalue weighted by Crippen LogP contribution is 2.39. The lowest BCUT2D eigenvalue weighted by Gasteiger charge is -2.40. The van der Waals surface area contributed by atoms with Gasteiger partial charge in [-0.1, -0.05) is 36.7 Å². The van der Waals surface area contributed by atoms with E-state index in [1.165, 1.54) is 18.9 Å². The Balaban J connectivity index is 2.08. The van der Waals surface area contributed by atoms with Gasteiger partial charge in [0.05, 0.1) is 5.69 Å². The Hall–Kier alpha value is -0.570. The normalized spacial score (nSPS) is 26.9. The molecule has 2 rings (SSSR count). The van der Waals surface area contributed by atoms with Gasteiger partial charge in [-0.05, 0) is 48.8 Å². The number of anilines is 1. The lowest BCUT2D eigenvalue weighted by atomic mass is 9.70. The third kappa shape index (κ3) is 3.25. The van der Waals surface area contributed by atoms with E-state index in [9.17, 15) is 4.39 Å². The van der Waals surface area contributed by atoms with Gasteiger partial charge >= 0.3 is 0 Å².